The molecule has 336 valence electrons. The molecule has 4 amide bonds. The van der Waals surface area contributed by atoms with E-state index in [0.717, 1.165) is 0 Å². The van der Waals surface area contributed by atoms with Crippen molar-refractivity contribution in [2.45, 2.75) is 143 Å². The van der Waals surface area contributed by atoms with Crippen LogP contribution < -0.4 is 19.6 Å². The van der Waals surface area contributed by atoms with Crippen molar-refractivity contribution in [1.29, 1.82) is 0 Å². The minimum Gasteiger partial charge on any atom is -0.443 e. The molecule has 0 bridgehead atoms. The highest BCUT2D eigenvalue weighted by molar-refractivity contribution is 6.10. The third-order valence-electron chi connectivity index (χ3n) is 11.5. The van der Waals surface area contributed by atoms with Crippen LogP contribution in [0.1, 0.15) is 118 Å². The van der Waals surface area contributed by atoms with Crippen molar-refractivity contribution in [3.05, 3.63) is 55.6 Å². The van der Waals surface area contributed by atoms with E-state index in [4.69, 9.17) is 18.9 Å². The maximum Gasteiger partial charge on any atom is 0.414 e. The molecule has 2 aromatic carbocycles. The lowest BCUT2D eigenvalue weighted by Gasteiger charge is -2.50. The molecule has 0 radical (unpaired) electrons. The number of nitrogens with zero attached hydrogens (tertiary/aromatic N) is 8. The average Bonchev–Trinajstić information content (AvgIpc) is 3.44. The van der Waals surface area contributed by atoms with Gasteiger partial charge in [-0.15, -0.1) is 0 Å². The molecule has 0 spiro atoms. The predicted octanol–water partition coefficient (Wildman–Crippen LogP) is 6.97. The van der Waals surface area contributed by atoms with Crippen LogP contribution in [0.25, 0.3) is 0 Å². The fourth-order valence-corrected chi connectivity index (χ4v) is 9.85. The van der Waals surface area contributed by atoms with E-state index in [2.05, 4.69) is 0 Å². The summed E-state index contributed by atoms with van der Waals surface area (Å²) >= 11 is 0. The van der Waals surface area contributed by atoms with E-state index in [1.54, 1.807) is 51.3 Å². The first-order chi connectivity index (χ1) is 28.3. The van der Waals surface area contributed by atoms with E-state index in [0.29, 0.717) is 35.8 Å². The van der Waals surface area contributed by atoms with Crippen molar-refractivity contribution in [1.82, 2.24) is 9.80 Å². The number of nitro groups is 2. The molecule has 2 atom stereocenters. The van der Waals surface area contributed by atoms with E-state index < -0.39 is 68.2 Å². The maximum absolute atomic E-state index is 13.6. The minimum atomic E-state index is -0.893. The first-order valence-corrected chi connectivity index (χ1v) is 20.5. The highest BCUT2D eigenvalue weighted by Gasteiger charge is 2.62. The SMILES string of the molecule is CC(C)(C)OC(=O)N1CCN2c3c(cc([N+](=O)[O-])cc31)C(=O)N1[C@@H]2C(C)(C)OC1(C)C.CC(C)(C)OC(=O)N1CCN2c3c(cc([N+](=O)[O-])cc31)C(=O)N1[C@H]2C(C)(C)OC1(C)C. The molecule has 2 saturated heterocycles. The summed E-state index contributed by atoms with van der Waals surface area (Å²) in [4.78, 5) is 85.2. The summed E-state index contributed by atoms with van der Waals surface area (Å²) in [6.07, 6.45) is -2.04. The van der Waals surface area contributed by atoms with E-state index in [1.807, 2.05) is 65.2 Å². The van der Waals surface area contributed by atoms with E-state index in [-0.39, 0.29) is 47.4 Å². The Bertz CT molecular complexity index is 2150. The van der Waals surface area contributed by atoms with Gasteiger partial charge in [0.25, 0.3) is 23.2 Å². The fourth-order valence-electron chi connectivity index (χ4n) is 9.85. The number of benzene rings is 2. The summed E-state index contributed by atoms with van der Waals surface area (Å²) in [6.45, 7) is 26.8. The van der Waals surface area contributed by atoms with Gasteiger partial charge < -0.3 is 28.7 Å². The van der Waals surface area contributed by atoms with Gasteiger partial charge in [-0.2, -0.15) is 0 Å². The zero-order valence-corrected chi connectivity index (χ0v) is 37.8. The van der Waals surface area contributed by atoms with Crippen molar-refractivity contribution in [3.63, 3.8) is 0 Å². The molecule has 2 fully saturated rings. The molecular weight excluding hydrogens is 809 g/mol. The van der Waals surface area contributed by atoms with Gasteiger partial charge in [-0.05, 0) is 96.9 Å². The van der Waals surface area contributed by atoms with Crippen molar-refractivity contribution in [2.75, 3.05) is 45.8 Å². The topological polar surface area (TPSA) is 211 Å². The van der Waals surface area contributed by atoms with Crippen LogP contribution >= 0.6 is 0 Å². The summed E-state index contributed by atoms with van der Waals surface area (Å²) in [6, 6.07) is 5.24. The molecule has 0 unspecified atom stereocenters. The van der Waals surface area contributed by atoms with Crippen LogP contribution in [-0.2, 0) is 18.9 Å². The molecule has 0 aliphatic carbocycles. The number of amides is 4. The Hall–Kier alpha value is -5.76. The summed E-state index contributed by atoms with van der Waals surface area (Å²) in [5.41, 5.74) is -3.16. The van der Waals surface area contributed by atoms with E-state index in [9.17, 15) is 39.4 Å². The molecule has 0 aromatic heterocycles. The second-order valence-corrected chi connectivity index (χ2v) is 20.3. The number of nitro benzene ring substituents is 2. The van der Waals surface area contributed by atoms with E-state index >= 15 is 0 Å². The number of rotatable bonds is 2. The number of ether oxygens (including phenoxy) is 4. The van der Waals surface area contributed by atoms with Crippen LogP contribution in [-0.4, -0.2) is 116 Å². The molecule has 62 heavy (non-hydrogen) atoms. The van der Waals surface area contributed by atoms with Crippen molar-refractivity contribution in [2.24, 2.45) is 0 Å². The van der Waals surface area contributed by atoms with Gasteiger partial charge in [0.05, 0.1) is 43.7 Å². The monoisotopic (exact) mass is 864 g/mol. The van der Waals surface area contributed by atoms with Crippen LogP contribution in [0.3, 0.4) is 0 Å². The number of carbonyl (C=O) groups excluding carboxylic acids is 4. The summed E-state index contributed by atoms with van der Waals surface area (Å²) in [5.74, 6) is -0.717. The maximum atomic E-state index is 13.6. The van der Waals surface area contributed by atoms with Crippen LogP contribution in [0.5, 0.6) is 0 Å². The van der Waals surface area contributed by atoms with Gasteiger partial charge in [0.15, 0.2) is 0 Å². The molecule has 0 N–H and O–H groups in total. The summed E-state index contributed by atoms with van der Waals surface area (Å²) in [7, 11) is 0. The number of anilines is 4. The molecule has 8 rings (SSSR count). The zero-order valence-electron chi connectivity index (χ0n) is 37.8. The number of non-ortho nitro benzene ring substituents is 2. The van der Waals surface area contributed by atoms with Crippen LogP contribution in [0, 0.1) is 20.2 Å². The lowest BCUT2D eigenvalue weighted by molar-refractivity contribution is -0.385. The molecule has 20 heteroatoms. The predicted molar refractivity (Wildman–Crippen MR) is 226 cm³/mol. The molecule has 20 nitrogen and oxygen atoms in total. The van der Waals surface area contributed by atoms with Crippen LogP contribution in [0.2, 0.25) is 0 Å². The third-order valence-corrected chi connectivity index (χ3v) is 11.5. The van der Waals surface area contributed by atoms with Crippen molar-refractivity contribution >= 4 is 58.1 Å². The zero-order chi connectivity index (χ0) is 46.2. The Morgan fingerprint density at radius 1 is 0.613 bits per heavy atom. The Labute approximate surface area is 359 Å². The number of carbonyl (C=O) groups is 4. The van der Waals surface area contributed by atoms with Gasteiger partial charge in [0.2, 0.25) is 0 Å². The lowest BCUT2D eigenvalue weighted by atomic mass is 9.94. The second-order valence-electron chi connectivity index (χ2n) is 20.3. The van der Waals surface area contributed by atoms with Gasteiger partial charge in [-0.1, -0.05) is 0 Å². The van der Waals surface area contributed by atoms with Crippen LogP contribution in [0.15, 0.2) is 24.3 Å². The smallest absolute Gasteiger partial charge is 0.414 e. The molecule has 0 saturated carbocycles. The van der Waals surface area contributed by atoms with Gasteiger partial charge in [-0.3, -0.25) is 49.4 Å². The van der Waals surface area contributed by atoms with Crippen molar-refractivity contribution in [3.8, 4) is 0 Å². The Morgan fingerprint density at radius 2 is 0.935 bits per heavy atom. The van der Waals surface area contributed by atoms with E-state index in [1.165, 1.54) is 34.1 Å². The normalized spacial score (nSPS) is 23.4. The Morgan fingerprint density at radius 3 is 1.23 bits per heavy atom. The highest BCUT2D eigenvalue weighted by Crippen LogP contribution is 2.54. The summed E-state index contributed by atoms with van der Waals surface area (Å²) in [5, 5.41) is 23.3. The van der Waals surface area contributed by atoms with Gasteiger partial charge in [0, 0.05) is 50.4 Å². The van der Waals surface area contributed by atoms with Gasteiger partial charge in [-0.25, -0.2) is 9.59 Å². The van der Waals surface area contributed by atoms with Gasteiger partial charge >= 0.3 is 12.2 Å². The minimum absolute atomic E-state index is 0.183. The second kappa shape index (κ2) is 13.9. The molecule has 2 aromatic rings. The number of hydrogen-bond donors (Lipinski definition) is 0. The standard InChI is InChI=1S/2C21H28N4O6/c2*1-19(2,3)30-18(27)22-8-9-23-15-13(10-12(25(28)29)11-14(15)22)16(26)24-17(23)20(4,5)31-21(24,6)7/h2*10-11,17H,8-9H2,1-7H3/t2*17-/m10/s1. The lowest BCUT2D eigenvalue weighted by Crippen LogP contribution is -2.64. The Kier molecular flexibility index (Phi) is 9.91. The quantitative estimate of drug-likeness (QED) is 0.221. The van der Waals surface area contributed by atoms with Crippen LogP contribution in [0.4, 0.5) is 43.7 Å². The summed E-state index contributed by atoms with van der Waals surface area (Å²) < 4.78 is 23.5. The number of fused-ring (bicyclic) bond motifs is 4. The number of hydrogen-bond acceptors (Lipinski definition) is 14. The first-order valence-electron chi connectivity index (χ1n) is 20.5. The molecular formula is C42H56N8O12. The van der Waals surface area contributed by atoms with Crippen molar-refractivity contribution < 1.29 is 48.0 Å². The van der Waals surface area contributed by atoms with Gasteiger partial charge in [0.1, 0.15) is 46.2 Å². The molecule has 6 aliphatic rings. The fraction of sp³-hybridized carbons (Fsp3) is 0.619. The average molecular weight is 865 g/mol. The third kappa shape index (κ3) is 7.19. The first kappa shape index (κ1) is 44.3. The molecule has 6 heterocycles. The molecule has 6 aliphatic heterocycles. The highest BCUT2D eigenvalue weighted by atomic mass is 16.6. The Balaban J connectivity index is 0.000000186. The largest absolute Gasteiger partial charge is 0.443 e.